The zero-order chi connectivity index (χ0) is 20.3. The second-order valence-corrected chi connectivity index (χ2v) is 7.31. The molecule has 0 aliphatic carbocycles. The number of anilines is 1. The van der Waals surface area contributed by atoms with Crippen LogP contribution in [0.25, 0.3) is 0 Å². The zero-order valence-electron chi connectivity index (χ0n) is 16.5. The molecule has 0 radical (unpaired) electrons. The van der Waals surface area contributed by atoms with Crippen molar-refractivity contribution in [3.05, 3.63) is 52.1 Å². The van der Waals surface area contributed by atoms with E-state index in [1.807, 2.05) is 36.6 Å². The van der Waals surface area contributed by atoms with E-state index in [2.05, 4.69) is 15.2 Å². The minimum atomic E-state index is -0.415. The molecular weight excluding hydrogens is 360 g/mol. The summed E-state index contributed by atoms with van der Waals surface area (Å²) in [5.41, 5.74) is 0.828. The third-order valence-electron chi connectivity index (χ3n) is 4.85. The van der Waals surface area contributed by atoms with Crippen molar-refractivity contribution in [2.24, 2.45) is 7.05 Å². The lowest BCUT2D eigenvalue weighted by molar-refractivity contribution is -0.384. The van der Waals surface area contributed by atoms with Gasteiger partial charge in [0, 0.05) is 63.3 Å². The first-order valence-electron chi connectivity index (χ1n) is 9.38. The maximum absolute atomic E-state index is 12.2. The molecule has 1 fully saturated rings. The van der Waals surface area contributed by atoms with Gasteiger partial charge in [-0.15, -0.1) is 0 Å². The largest absolute Gasteiger partial charge is 0.363 e. The van der Waals surface area contributed by atoms with Crippen molar-refractivity contribution in [3.8, 4) is 0 Å². The molecule has 9 heteroatoms. The quantitative estimate of drug-likeness (QED) is 0.601. The van der Waals surface area contributed by atoms with Gasteiger partial charge in [-0.3, -0.25) is 19.8 Å². The Morgan fingerprint density at radius 2 is 2.00 bits per heavy atom. The smallest absolute Gasteiger partial charge is 0.293 e. The summed E-state index contributed by atoms with van der Waals surface area (Å²) in [6.45, 7) is 7.41. The van der Waals surface area contributed by atoms with Gasteiger partial charge < -0.3 is 14.8 Å². The molecule has 1 N–H and O–H groups in total. The number of carbonyl (C=O) groups is 1. The Morgan fingerprint density at radius 1 is 1.29 bits per heavy atom. The number of nitro benzene ring substituents is 1. The third-order valence-corrected chi connectivity index (χ3v) is 4.85. The molecule has 1 saturated heterocycles. The fourth-order valence-electron chi connectivity index (χ4n) is 3.32. The summed E-state index contributed by atoms with van der Waals surface area (Å²) in [7, 11) is 1.97. The lowest BCUT2D eigenvalue weighted by Crippen LogP contribution is -2.46. The number of hydrogen-bond acceptors (Lipinski definition) is 6. The Balaban J connectivity index is 1.70. The van der Waals surface area contributed by atoms with Crippen molar-refractivity contribution >= 4 is 17.3 Å². The van der Waals surface area contributed by atoms with Gasteiger partial charge in [0.25, 0.3) is 11.6 Å². The molecule has 1 aliphatic rings. The highest BCUT2D eigenvalue weighted by Gasteiger charge is 2.25. The van der Waals surface area contributed by atoms with Crippen LogP contribution in [0.4, 0.5) is 11.4 Å². The van der Waals surface area contributed by atoms with E-state index in [0.29, 0.717) is 24.3 Å². The molecule has 2 aromatic rings. The van der Waals surface area contributed by atoms with Crippen LogP contribution in [0.2, 0.25) is 0 Å². The Hall–Kier alpha value is -2.94. The first-order chi connectivity index (χ1) is 13.3. The van der Waals surface area contributed by atoms with E-state index in [-0.39, 0.29) is 17.6 Å². The molecule has 150 valence electrons. The standard InChI is InChI=1S/C19H26N6O3/c1-14(2)21-19(26)15-4-5-16(17(12-15)25(27)28)24-10-8-23(9-11-24)13-18-20-6-7-22(18)3/h4-7,12,14H,8-11,13H2,1-3H3,(H,21,26). The number of carbonyl (C=O) groups excluding carboxylic acids is 1. The summed E-state index contributed by atoms with van der Waals surface area (Å²) in [6, 6.07) is 4.67. The average molecular weight is 386 g/mol. The highest BCUT2D eigenvalue weighted by Crippen LogP contribution is 2.30. The number of aryl methyl sites for hydroxylation is 1. The summed E-state index contributed by atoms with van der Waals surface area (Å²) < 4.78 is 2.00. The summed E-state index contributed by atoms with van der Waals surface area (Å²) in [6.07, 6.45) is 3.71. The number of imidazole rings is 1. The van der Waals surface area contributed by atoms with Crippen molar-refractivity contribution in [1.82, 2.24) is 19.8 Å². The summed E-state index contributed by atoms with van der Waals surface area (Å²) in [5, 5.41) is 14.4. The molecule has 3 rings (SSSR count). The molecule has 1 aromatic heterocycles. The second-order valence-electron chi connectivity index (χ2n) is 7.31. The number of rotatable bonds is 6. The summed E-state index contributed by atoms with van der Waals surface area (Å²) in [5.74, 6) is 0.699. The van der Waals surface area contributed by atoms with Gasteiger partial charge in [0.2, 0.25) is 0 Å². The molecular formula is C19H26N6O3. The van der Waals surface area contributed by atoms with E-state index in [9.17, 15) is 14.9 Å². The average Bonchev–Trinajstić information content (AvgIpc) is 3.06. The molecule has 1 aliphatic heterocycles. The first-order valence-corrected chi connectivity index (χ1v) is 9.38. The number of amides is 1. The Kier molecular flexibility index (Phi) is 5.93. The molecule has 0 bridgehead atoms. The number of benzene rings is 1. The minimum Gasteiger partial charge on any atom is -0.363 e. The number of nitrogens with one attached hydrogen (secondary N) is 1. The van der Waals surface area contributed by atoms with E-state index in [1.165, 1.54) is 6.07 Å². The van der Waals surface area contributed by atoms with Crippen molar-refractivity contribution in [1.29, 1.82) is 0 Å². The maximum atomic E-state index is 12.2. The summed E-state index contributed by atoms with van der Waals surface area (Å²) in [4.78, 5) is 32.0. The van der Waals surface area contributed by atoms with E-state index < -0.39 is 4.92 Å². The molecule has 2 heterocycles. The van der Waals surface area contributed by atoms with Gasteiger partial charge in [0.1, 0.15) is 11.5 Å². The van der Waals surface area contributed by atoms with Gasteiger partial charge >= 0.3 is 0 Å². The Bertz CT molecular complexity index is 855. The van der Waals surface area contributed by atoms with E-state index >= 15 is 0 Å². The molecule has 0 atom stereocenters. The van der Waals surface area contributed by atoms with E-state index in [0.717, 1.165) is 25.5 Å². The van der Waals surface area contributed by atoms with Crippen LogP contribution in [-0.4, -0.2) is 57.5 Å². The van der Waals surface area contributed by atoms with Crippen LogP contribution in [-0.2, 0) is 13.6 Å². The van der Waals surface area contributed by atoms with Crippen molar-refractivity contribution in [3.63, 3.8) is 0 Å². The summed E-state index contributed by atoms with van der Waals surface area (Å²) >= 11 is 0. The van der Waals surface area contributed by atoms with Crippen LogP contribution in [0.15, 0.2) is 30.6 Å². The molecule has 1 amide bonds. The van der Waals surface area contributed by atoms with Gasteiger partial charge in [-0.05, 0) is 26.0 Å². The number of nitrogens with zero attached hydrogens (tertiary/aromatic N) is 5. The van der Waals surface area contributed by atoms with Crippen molar-refractivity contribution in [2.75, 3.05) is 31.1 Å². The minimum absolute atomic E-state index is 0.0296. The zero-order valence-corrected chi connectivity index (χ0v) is 16.5. The second kappa shape index (κ2) is 8.39. The molecule has 1 aromatic carbocycles. The van der Waals surface area contributed by atoms with Crippen LogP contribution >= 0.6 is 0 Å². The van der Waals surface area contributed by atoms with Gasteiger partial charge in [0.15, 0.2) is 0 Å². The van der Waals surface area contributed by atoms with Gasteiger partial charge in [0.05, 0.1) is 11.5 Å². The Morgan fingerprint density at radius 3 is 2.57 bits per heavy atom. The lowest BCUT2D eigenvalue weighted by atomic mass is 10.1. The fraction of sp³-hybridized carbons (Fsp3) is 0.474. The first kappa shape index (κ1) is 19.8. The maximum Gasteiger partial charge on any atom is 0.293 e. The predicted octanol–water partition coefficient (Wildman–Crippen LogP) is 1.79. The topological polar surface area (TPSA) is 96.5 Å². The van der Waals surface area contributed by atoms with Crippen molar-refractivity contribution in [2.45, 2.75) is 26.4 Å². The van der Waals surface area contributed by atoms with E-state index in [4.69, 9.17) is 0 Å². The van der Waals surface area contributed by atoms with Crippen LogP contribution < -0.4 is 10.2 Å². The van der Waals surface area contributed by atoms with Gasteiger partial charge in [-0.25, -0.2) is 4.98 Å². The number of hydrogen-bond donors (Lipinski definition) is 1. The highest BCUT2D eigenvalue weighted by atomic mass is 16.6. The SMILES string of the molecule is CC(C)NC(=O)c1ccc(N2CCN(Cc3nccn3C)CC2)c([N+](=O)[O-])c1. The van der Waals surface area contributed by atoms with E-state index in [1.54, 1.807) is 18.3 Å². The molecule has 0 unspecified atom stereocenters. The number of aromatic nitrogens is 2. The van der Waals surface area contributed by atoms with Crippen molar-refractivity contribution < 1.29 is 9.72 Å². The number of nitro groups is 1. The van der Waals surface area contributed by atoms with Crippen LogP contribution in [0.1, 0.15) is 30.0 Å². The van der Waals surface area contributed by atoms with Crippen LogP contribution in [0.3, 0.4) is 0 Å². The Labute approximate surface area is 164 Å². The normalized spacial score (nSPS) is 15.1. The predicted molar refractivity (Wildman–Crippen MR) is 106 cm³/mol. The van der Waals surface area contributed by atoms with Gasteiger partial charge in [-0.2, -0.15) is 0 Å². The molecule has 28 heavy (non-hydrogen) atoms. The molecule has 0 saturated carbocycles. The number of piperazine rings is 1. The lowest BCUT2D eigenvalue weighted by Gasteiger charge is -2.35. The van der Waals surface area contributed by atoms with Gasteiger partial charge in [-0.1, -0.05) is 0 Å². The monoisotopic (exact) mass is 386 g/mol. The van der Waals surface area contributed by atoms with Crippen LogP contribution in [0.5, 0.6) is 0 Å². The highest BCUT2D eigenvalue weighted by molar-refractivity contribution is 5.96. The van der Waals surface area contributed by atoms with Crippen LogP contribution in [0, 0.1) is 10.1 Å². The fourth-order valence-corrected chi connectivity index (χ4v) is 3.32. The molecule has 9 nitrogen and oxygen atoms in total. The third kappa shape index (κ3) is 4.48. The molecule has 0 spiro atoms.